The molecule has 1 aromatic rings. The first-order valence-electron chi connectivity index (χ1n) is 7.63. The predicted octanol–water partition coefficient (Wildman–Crippen LogP) is 2.42. The van der Waals surface area contributed by atoms with Crippen LogP contribution < -0.4 is 0 Å². The maximum atomic E-state index is 12.7. The minimum atomic E-state index is -3.42. The number of rotatable bonds is 5. The molecule has 1 aliphatic carbocycles. The Labute approximate surface area is 127 Å². The summed E-state index contributed by atoms with van der Waals surface area (Å²) in [6.45, 7) is 2.27. The Bertz CT molecular complexity index is 553. The summed E-state index contributed by atoms with van der Waals surface area (Å²) in [5.74, 6) is 0.591. The van der Waals surface area contributed by atoms with Gasteiger partial charge in [0.2, 0.25) is 10.0 Å². The van der Waals surface area contributed by atoms with Gasteiger partial charge in [0.05, 0.1) is 4.90 Å². The maximum absolute atomic E-state index is 12.7. The molecule has 2 atom stereocenters. The van der Waals surface area contributed by atoms with Crippen molar-refractivity contribution >= 4 is 10.0 Å². The van der Waals surface area contributed by atoms with Gasteiger partial charge in [0.1, 0.15) is 0 Å². The summed E-state index contributed by atoms with van der Waals surface area (Å²) < 4.78 is 26.9. The molecule has 2 unspecified atom stereocenters. The molecule has 0 spiro atoms. The van der Waals surface area contributed by atoms with Crippen LogP contribution in [0.3, 0.4) is 0 Å². The Morgan fingerprint density at radius 3 is 2.48 bits per heavy atom. The number of aliphatic hydroxyl groups is 1. The first kappa shape index (κ1) is 16.5. The van der Waals surface area contributed by atoms with E-state index in [-0.39, 0.29) is 12.6 Å². The van der Waals surface area contributed by atoms with Crippen molar-refractivity contribution in [3.63, 3.8) is 0 Å². The topological polar surface area (TPSA) is 57.6 Å². The van der Waals surface area contributed by atoms with Crippen LogP contribution in [0, 0.1) is 5.92 Å². The average molecular weight is 311 g/mol. The summed E-state index contributed by atoms with van der Waals surface area (Å²) in [4.78, 5) is 0.338. The largest absolute Gasteiger partial charge is 0.396 e. The molecular weight excluding hydrogens is 286 g/mol. The van der Waals surface area contributed by atoms with Crippen LogP contribution in [0.4, 0.5) is 0 Å². The lowest BCUT2D eigenvalue weighted by Crippen LogP contribution is -2.39. The van der Waals surface area contributed by atoms with Gasteiger partial charge in [0.15, 0.2) is 0 Å². The van der Waals surface area contributed by atoms with Gasteiger partial charge in [0.25, 0.3) is 0 Å². The molecule has 21 heavy (non-hydrogen) atoms. The Morgan fingerprint density at radius 1 is 1.24 bits per heavy atom. The van der Waals surface area contributed by atoms with Crippen LogP contribution in [0.1, 0.15) is 38.2 Å². The molecule has 0 radical (unpaired) electrons. The van der Waals surface area contributed by atoms with Gasteiger partial charge in [0, 0.05) is 19.7 Å². The molecule has 0 saturated heterocycles. The normalized spacial score (nSPS) is 23.4. The predicted molar refractivity (Wildman–Crippen MR) is 83.6 cm³/mol. The molecule has 1 aromatic carbocycles. The summed E-state index contributed by atoms with van der Waals surface area (Å²) in [7, 11) is -1.73. The lowest BCUT2D eigenvalue weighted by atomic mass is 9.87. The third kappa shape index (κ3) is 3.84. The van der Waals surface area contributed by atoms with Crippen LogP contribution in [0.25, 0.3) is 0 Å². The van der Waals surface area contributed by atoms with Gasteiger partial charge in [-0.3, -0.25) is 0 Å². The average Bonchev–Trinajstić information content (AvgIpc) is 2.47. The Morgan fingerprint density at radius 2 is 1.90 bits per heavy atom. The molecule has 1 N–H and O–H groups in total. The van der Waals surface area contributed by atoms with Crippen molar-refractivity contribution < 1.29 is 13.5 Å². The summed E-state index contributed by atoms with van der Waals surface area (Å²) >= 11 is 0. The zero-order valence-corrected chi connectivity index (χ0v) is 13.6. The Kier molecular flexibility index (Phi) is 5.41. The molecule has 1 fully saturated rings. The minimum Gasteiger partial charge on any atom is -0.396 e. The molecule has 1 saturated carbocycles. The van der Waals surface area contributed by atoms with Crippen molar-refractivity contribution in [2.75, 3.05) is 13.7 Å². The minimum absolute atomic E-state index is 0.0754. The van der Waals surface area contributed by atoms with Gasteiger partial charge >= 0.3 is 0 Å². The second-order valence-corrected chi connectivity index (χ2v) is 8.06. The van der Waals surface area contributed by atoms with E-state index in [0.29, 0.717) is 17.2 Å². The van der Waals surface area contributed by atoms with E-state index in [0.717, 1.165) is 24.8 Å². The van der Waals surface area contributed by atoms with E-state index in [1.807, 2.05) is 0 Å². The number of nitrogens with zero attached hydrogens (tertiary/aromatic N) is 1. The van der Waals surface area contributed by atoms with E-state index >= 15 is 0 Å². The molecule has 2 rings (SSSR count). The summed E-state index contributed by atoms with van der Waals surface area (Å²) in [5.41, 5.74) is 0.949. The lowest BCUT2D eigenvalue weighted by Gasteiger charge is -2.33. The Hall–Kier alpha value is -0.910. The molecule has 5 heteroatoms. The van der Waals surface area contributed by atoms with Gasteiger partial charge in [-0.2, -0.15) is 4.31 Å². The van der Waals surface area contributed by atoms with E-state index in [1.165, 1.54) is 6.42 Å². The van der Waals surface area contributed by atoms with Crippen molar-refractivity contribution in [2.24, 2.45) is 5.92 Å². The second-order valence-electron chi connectivity index (χ2n) is 6.06. The van der Waals surface area contributed by atoms with E-state index in [2.05, 4.69) is 6.92 Å². The number of aliphatic hydroxyl groups excluding tert-OH is 1. The van der Waals surface area contributed by atoms with Crippen molar-refractivity contribution in [3.05, 3.63) is 29.8 Å². The van der Waals surface area contributed by atoms with Gasteiger partial charge in [-0.15, -0.1) is 0 Å². The molecule has 0 aliphatic heterocycles. The lowest BCUT2D eigenvalue weighted by molar-refractivity contribution is 0.239. The molecule has 118 valence electrons. The molecule has 4 nitrogen and oxygen atoms in total. The molecule has 0 aromatic heterocycles. The summed E-state index contributed by atoms with van der Waals surface area (Å²) in [6, 6.07) is 6.95. The maximum Gasteiger partial charge on any atom is 0.243 e. The first-order valence-corrected chi connectivity index (χ1v) is 9.07. The van der Waals surface area contributed by atoms with Crippen LogP contribution in [0.15, 0.2) is 29.2 Å². The van der Waals surface area contributed by atoms with Crippen LogP contribution in [0.2, 0.25) is 0 Å². The highest BCUT2D eigenvalue weighted by Crippen LogP contribution is 2.29. The first-order chi connectivity index (χ1) is 9.95. The van der Waals surface area contributed by atoms with Crippen LogP contribution in [-0.2, 0) is 16.4 Å². The van der Waals surface area contributed by atoms with Crippen molar-refractivity contribution in [1.82, 2.24) is 4.31 Å². The molecule has 1 aliphatic rings. The monoisotopic (exact) mass is 311 g/mol. The molecule has 0 amide bonds. The van der Waals surface area contributed by atoms with Gasteiger partial charge in [-0.1, -0.05) is 31.9 Å². The highest BCUT2D eigenvalue weighted by atomic mass is 32.2. The molecular formula is C16H25NO3S. The van der Waals surface area contributed by atoms with Crippen molar-refractivity contribution in [1.29, 1.82) is 0 Å². The van der Waals surface area contributed by atoms with E-state index in [1.54, 1.807) is 35.6 Å². The van der Waals surface area contributed by atoms with Crippen molar-refractivity contribution in [2.45, 2.75) is 50.0 Å². The van der Waals surface area contributed by atoms with Gasteiger partial charge in [-0.25, -0.2) is 8.42 Å². The fourth-order valence-electron chi connectivity index (χ4n) is 3.05. The van der Waals surface area contributed by atoms with Gasteiger partial charge in [-0.05, 0) is 42.9 Å². The third-order valence-corrected chi connectivity index (χ3v) is 6.35. The molecule has 0 heterocycles. The van der Waals surface area contributed by atoms with Gasteiger partial charge < -0.3 is 5.11 Å². The standard InChI is InChI=1S/C16H25NO3S/c1-13-4-3-5-15(12-13)17(2)21(19,20)16-8-6-14(7-9-16)10-11-18/h6-9,13,15,18H,3-5,10-12H2,1-2H3. The highest BCUT2D eigenvalue weighted by molar-refractivity contribution is 7.89. The number of sulfonamides is 1. The van der Waals surface area contributed by atoms with Crippen molar-refractivity contribution in [3.8, 4) is 0 Å². The number of hydrogen-bond acceptors (Lipinski definition) is 3. The van der Waals surface area contributed by atoms with Crippen LogP contribution in [-0.4, -0.2) is 37.5 Å². The number of benzene rings is 1. The highest BCUT2D eigenvalue weighted by Gasteiger charge is 2.30. The summed E-state index contributed by atoms with van der Waals surface area (Å²) in [6.07, 6.45) is 4.73. The fourth-order valence-corrected chi connectivity index (χ4v) is 4.45. The zero-order chi connectivity index (χ0) is 15.5. The SMILES string of the molecule is CC1CCCC(N(C)S(=O)(=O)c2ccc(CCO)cc2)C1. The smallest absolute Gasteiger partial charge is 0.243 e. The van der Waals surface area contributed by atoms with Crippen LogP contribution in [0.5, 0.6) is 0 Å². The van der Waals surface area contributed by atoms with Crippen LogP contribution >= 0.6 is 0 Å². The molecule has 0 bridgehead atoms. The van der Waals surface area contributed by atoms with E-state index in [4.69, 9.17) is 5.11 Å². The third-order valence-electron chi connectivity index (χ3n) is 4.42. The van der Waals surface area contributed by atoms with E-state index < -0.39 is 10.0 Å². The number of hydrogen-bond donors (Lipinski definition) is 1. The van der Waals surface area contributed by atoms with E-state index in [9.17, 15) is 8.42 Å². The second kappa shape index (κ2) is 6.90. The fraction of sp³-hybridized carbons (Fsp3) is 0.625. The Balaban J connectivity index is 2.16. The summed E-state index contributed by atoms with van der Waals surface area (Å²) in [5, 5.41) is 8.91. The zero-order valence-electron chi connectivity index (χ0n) is 12.8. The quantitative estimate of drug-likeness (QED) is 0.908.